The van der Waals surface area contributed by atoms with Crippen molar-refractivity contribution in [3.05, 3.63) is 18.2 Å². The van der Waals surface area contributed by atoms with Crippen LogP contribution in [0, 0.1) is 0 Å². The number of nitrogens with zero attached hydrogens (tertiary/aromatic N) is 1. The van der Waals surface area contributed by atoms with Crippen molar-refractivity contribution in [1.82, 2.24) is 4.98 Å². The van der Waals surface area contributed by atoms with Crippen molar-refractivity contribution in [3.63, 3.8) is 0 Å². The molecule has 0 saturated heterocycles. The molecule has 92 valence electrons. The van der Waals surface area contributed by atoms with Crippen molar-refractivity contribution < 1.29 is 9.52 Å². The van der Waals surface area contributed by atoms with Crippen LogP contribution in [0.15, 0.2) is 22.6 Å². The van der Waals surface area contributed by atoms with Crippen molar-refractivity contribution in [2.24, 2.45) is 0 Å². The van der Waals surface area contributed by atoms with Gasteiger partial charge in [-0.1, -0.05) is 6.07 Å². The summed E-state index contributed by atoms with van der Waals surface area (Å²) >= 11 is 0. The first-order valence-electron chi connectivity index (χ1n) is 5.81. The van der Waals surface area contributed by atoms with Gasteiger partial charge >= 0.3 is 0 Å². The molecule has 0 aliphatic carbocycles. The van der Waals surface area contributed by atoms with Crippen LogP contribution in [-0.2, 0) is 0 Å². The number of nitrogens with two attached hydrogens (primary N) is 1. The van der Waals surface area contributed by atoms with Gasteiger partial charge < -0.3 is 20.6 Å². The first-order valence-corrected chi connectivity index (χ1v) is 5.81. The summed E-state index contributed by atoms with van der Waals surface area (Å²) in [5, 5.41) is 11.7. The molecule has 5 heteroatoms. The van der Waals surface area contributed by atoms with Crippen molar-refractivity contribution in [2.75, 3.05) is 24.2 Å². The van der Waals surface area contributed by atoms with E-state index in [2.05, 4.69) is 10.3 Å². The third-order valence-electron chi connectivity index (χ3n) is 2.56. The van der Waals surface area contributed by atoms with E-state index in [4.69, 9.17) is 15.3 Å². The molecular formula is C12H17N3O2. The fourth-order valence-electron chi connectivity index (χ4n) is 1.65. The highest BCUT2D eigenvalue weighted by molar-refractivity contribution is 5.86. The summed E-state index contributed by atoms with van der Waals surface area (Å²) < 4.78 is 5.50. The van der Waals surface area contributed by atoms with Gasteiger partial charge in [-0.25, -0.2) is 0 Å². The lowest BCUT2D eigenvalue weighted by Gasteiger charge is -1.99. The number of rotatable bonds is 6. The highest BCUT2D eigenvalue weighted by Crippen LogP contribution is 2.23. The number of aliphatic hydroxyl groups excluding tert-OH is 1. The van der Waals surface area contributed by atoms with Crippen LogP contribution >= 0.6 is 0 Å². The average molecular weight is 235 g/mol. The Kier molecular flexibility index (Phi) is 3.82. The number of hydrogen-bond donors (Lipinski definition) is 3. The van der Waals surface area contributed by atoms with Crippen LogP contribution < -0.4 is 11.1 Å². The Morgan fingerprint density at radius 3 is 2.94 bits per heavy atom. The van der Waals surface area contributed by atoms with E-state index in [1.807, 2.05) is 12.1 Å². The van der Waals surface area contributed by atoms with Crippen LogP contribution in [0.2, 0.25) is 0 Å². The normalized spacial score (nSPS) is 10.9. The second-order valence-electron chi connectivity index (χ2n) is 3.92. The molecule has 0 fully saturated rings. The van der Waals surface area contributed by atoms with Crippen molar-refractivity contribution in [3.8, 4) is 0 Å². The molecule has 2 aromatic rings. The van der Waals surface area contributed by atoms with Crippen LogP contribution in [0.25, 0.3) is 11.1 Å². The van der Waals surface area contributed by atoms with Crippen LogP contribution in [0.5, 0.6) is 0 Å². The number of para-hydroxylation sites is 1. The zero-order valence-electron chi connectivity index (χ0n) is 9.65. The average Bonchev–Trinajstić information content (AvgIpc) is 2.73. The van der Waals surface area contributed by atoms with E-state index in [1.165, 1.54) is 0 Å². The van der Waals surface area contributed by atoms with Gasteiger partial charge in [0.05, 0.1) is 5.69 Å². The topological polar surface area (TPSA) is 84.3 Å². The molecule has 0 bridgehead atoms. The van der Waals surface area contributed by atoms with E-state index < -0.39 is 0 Å². The summed E-state index contributed by atoms with van der Waals surface area (Å²) in [5.41, 5.74) is 7.81. The summed E-state index contributed by atoms with van der Waals surface area (Å²) in [6, 6.07) is 5.99. The van der Waals surface area contributed by atoms with Crippen LogP contribution in [0.3, 0.4) is 0 Å². The molecule has 1 heterocycles. The lowest BCUT2D eigenvalue weighted by atomic mass is 10.2. The highest BCUT2D eigenvalue weighted by Gasteiger charge is 2.06. The summed E-state index contributed by atoms with van der Waals surface area (Å²) in [4.78, 5) is 4.28. The van der Waals surface area contributed by atoms with Gasteiger partial charge in [0, 0.05) is 13.2 Å². The van der Waals surface area contributed by atoms with E-state index in [0.717, 1.165) is 25.8 Å². The molecule has 0 atom stereocenters. The largest absolute Gasteiger partial charge is 0.423 e. The van der Waals surface area contributed by atoms with Crippen molar-refractivity contribution in [1.29, 1.82) is 0 Å². The number of nitrogen functional groups attached to an aromatic ring is 1. The van der Waals surface area contributed by atoms with Gasteiger partial charge in [0.2, 0.25) is 0 Å². The molecular weight excluding hydrogens is 218 g/mol. The van der Waals surface area contributed by atoms with Gasteiger partial charge in [0.1, 0.15) is 5.52 Å². The predicted molar refractivity (Wildman–Crippen MR) is 67.8 cm³/mol. The van der Waals surface area contributed by atoms with E-state index in [1.54, 1.807) is 6.07 Å². The minimum Gasteiger partial charge on any atom is -0.423 e. The van der Waals surface area contributed by atoms with Gasteiger partial charge in [-0.05, 0) is 31.4 Å². The molecule has 1 aromatic heterocycles. The monoisotopic (exact) mass is 235 g/mol. The number of benzene rings is 1. The molecule has 0 radical (unpaired) electrons. The van der Waals surface area contributed by atoms with Crippen molar-refractivity contribution in [2.45, 2.75) is 19.3 Å². The Morgan fingerprint density at radius 1 is 1.29 bits per heavy atom. The first-order chi connectivity index (χ1) is 8.31. The van der Waals surface area contributed by atoms with Gasteiger partial charge in [-0.3, -0.25) is 0 Å². The Morgan fingerprint density at radius 2 is 2.18 bits per heavy atom. The second kappa shape index (κ2) is 5.54. The van der Waals surface area contributed by atoms with Gasteiger partial charge in [0.25, 0.3) is 6.01 Å². The molecule has 1 aromatic carbocycles. The minimum absolute atomic E-state index is 0.249. The van der Waals surface area contributed by atoms with Gasteiger partial charge in [-0.2, -0.15) is 4.98 Å². The molecule has 17 heavy (non-hydrogen) atoms. The summed E-state index contributed by atoms with van der Waals surface area (Å²) in [6.07, 6.45) is 2.81. The highest BCUT2D eigenvalue weighted by atomic mass is 16.4. The maximum absolute atomic E-state index is 8.64. The second-order valence-corrected chi connectivity index (χ2v) is 3.92. The summed E-state index contributed by atoms with van der Waals surface area (Å²) in [6.45, 7) is 1.03. The molecule has 0 aliphatic rings. The number of oxazole rings is 1. The molecule has 4 N–H and O–H groups in total. The fraction of sp³-hybridized carbons (Fsp3) is 0.417. The van der Waals surface area contributed by atoms with Crippen molar-refractivity contribution >= 4 is 22.8 Å². The van der Waals surface area contributed by atoms with Gasteiger partial charge in [-0.15, -0.1) is 0 Å². The van der Waals surface area contributed by atoms with Gasteiger partial charge in [0.15, 0.2) is 5.58 Å². The SMILES string of the molecule is Nc1cccc2oc(NCCCCCO)nc12. The molecule has 0 amide bonds. The van der Waals surface area contributed by atoms with E-state index >= 15 is 0 Å². The Balaban J connectivity index is 1.93. The lowest BCUT2D eigenvalue weighted by molar-refractivity contribution is 0.283. The summed E-state index contributed by atoms with van der Waals surface area (Å²) in [7, 11) is 0. The Bertz CT molecular complexity index is 482. The lowest BCUT2D eigenvalue weighted by Crippen LogP contribution is -2.01. The smallest absolute Gasteiger partial charge is 0.295 e. The zero-order valence-corrected chi connectivity index (χ0v) is 9.65. The molecule has 0 unspecified atom stereocenters. The summed E-state index contributed by atoms with van der Waals surface area (Å²) in [5.74, 6) is 0. The molecule has 0 spiro atoms. The first kappa shape index (κ1) is 11.7. The Labute approximate surface area is 99.6 Å². The number of hydrogen-bond acceptors (Lipinski definition) is 5. The molecule has 0 aliphatic heterocycles. The maximum Gasteiger partial charge on any atom is 0.295 e. The zero-order chi connectivity index (χ0) is 12.1. The third-order valence-corrected chi connectivity index (χ3v) is 2.56. The number of anilines is 2. The number of aromatic nitrogens is 1. The van der Waals surface area contributed by atoms with E-state index in [9.17, 15) is 0 Å². The van der Waals surface area contributed by atoms with E-state index in [0.29, 0.717) is 22.8 Å². The number of unbranched alkanes of at least 4 members (excludes halogenated alkanes) is 2. The number of nitrogens with one attached hydrogen (secondary N) is 1. The van der Waals surface area contributed by atoms with Crippen LogP contribution in [0.1, 0.15) is 19.3 Å². The molecule has 2 rings (SSSR count). The third kappa shape index (κ3) is 2.88. The maximum atomic E-state index is 8.64. The fourth-order valence-corrected chi connectivity index (χ4v) is 1.65. The predicted octanol–water partition coefficient (Wildman–Crippen LogP) is 1.98. The minimum atomic E-state index is 0.249. The van der Waals surface area contributed by atoms with E-state index in [-0.39, 0.29) is 6.61 Å². The number of fused-ring (bicyclic) bond motifs is 1. The van der Waals surface area contributed by atoms with Crippen LogP contribution in [-0.4, -0.2) is 23.2 Å². The standard InChI is InChI=1S/C12H17N3O2/c13-9-5-4-6-10-11(9)15-12(17-10)14-7-2-1-3-8-16/h4-6,16H,1-3,7-8,13H2,(H,14,15). The quantitative estimate of drug-likeness (QED) is 0.526. The number of aliphatic hydroxyl groups is 1. The molecule has 0 saturated carbocycles. The Hall–Kier alpha value is -1.75. The van der Waals surface area contributed by atoms with Crippen LogP contribution in [0.4, 0.5) is 11.7 Å². The molecule has 5 nitrogen and oxygen atoms in total.